The minimum Gasteiger partial charge on any atom is -0.497 e. The molecule has 1 aliphatic carbocycles. The zero-order valence-corrected chi connectivity index (χ0v) is 20.1. The molecule has 2 aromatic carbocycles. The van der Waals surface area contributed by atoms with Crippen LogP contribution >= 0.6 is 0 Å². The van der Waals surface area contributed by atoms with Gasteiger partial charge in [-0.05, 0) is 48.2 Å². The third-order valence-corrected chi connectivity index (χ3v) is 7.29. The topological polar surface area (TPSA) is 87.2 Å². The zero-order valence-electron chi connectivity index (χ0n) is 20.1. The van der Waals surface area contributed by atoms with Crippen molar-refractivity contribution >= 4 is 23.6 Å². The lowest BCUT2D eigenvalue weighted by molar-refractivity contribution is -0.148. The molecule has 3 fully saturated rings. The number of imide groups is 1. The molecule has 2 aromatic rings. The summed E-state index contributed by atoms with van der Waals surface area (Å²) in [5.74, 6) is -0.953. The Labute approximate surface area is 208 Å². The van der Waals surface area contributed by atoms with E-state index in [-0.39, 0.29) is 61.4 Å². The number of amides is 4. The Morgan fingerprint density at radius 3 is 2.44 bits per heavy atom. The van der Waals surface area contributed by atoms with Crippen molar-refractivity contribution in [2.24, 2.45) is 0 Å². The number of nitrogens with zero attached hydrogens (tertiary/aromatic N) is 3. The van der Waals surface area contributed by atoms with Gasteiger partial charge in [0.15, 0.2) is 0 Å². The molecule has 2 aliphatic heterocycles. The van der Waals surface area contributed by atoms with Crippen LogP contribution in [0.2, 0.25) is 0 Å². The highest BCUT2D eigenvalue weighted by Gasteiger charge is 2.57. The number of benzene rings is 2. The number of rotatable bonds is 7. The Morgan fingerprint density at radius 1 is 1.06 bits per heavy atom. The molecule has 2 saturated heterocycles. The monoisotopic (exact) mass is 493 g/mol. The molecule has 1 atom stereocenters. The molecule has 2 heterocycles. The van der Waals surface area contributed by atoms with Gasteiger partial charge in [-0.2, -0.15) is 0 Å². The lowest BCUT2D eigenvalue weighted by atomic mass is 9.75. The third-order valence-electron chi connectivity index (χ3n) is 7.29. The van der Waals surface area contributed by atoms with Crippen molar-refractivity contribution in [2.45, 2.75) is 43.7 Å². The van der Waals surface area contributed by atoms with Gasteiger partial charge in [0.25, 0.3) is 0 Å². The molecule has 0 N–H and O–H groups in total. The summed E-state index contributed by atoms with van der Waals surface area (Å²) in [7, 11) is 1.54. The van der Waals surface area contributed by atoms with Crippen LogP contribution in [-0.2, 0) is 31.1 Å². The van der Waals surface area contributed by atoms with Crippen molar-refractivity contribution in [3.63, 3.8) is 0 Å². The van der Waals surface area contributed by atoms with Crippen LogP contribution in [0.15, 0.2) is 48.5 Å². The number of carbonyl (C=O) groups excluding carboxylic acids is 4. The number of halogens is 1. The van der Waals surface area contributed by atoms with Crippen LogP contribution in [0, 0.1) is 5.82 Å². The molecule has 1 unspecified atom stereocenters. The average molecular weight is 494 g/mol. The fourth-order valence-corrected chi connectivity index (χ4v) is 5.15. The van der Waals surface area contributed by atoms with Gasteiger partial charge < -0.3 is 14.5 Å². The molecule has 188 valence electrons. The summed E-state index contributed by atoms with van der Waals surface area (Å²) in [6.07, 6.45) is 1.30. The molecule has 0 radical (unpaired) electrons. The molecule has 8 nitrogen and oxygen atoms in total. The van der Waals surface area contributed by atoms with Crippen molar-refractivity contribution in [3.8, 4) is 5.75 Å². The Bertz CT molecular complexity index is 1210. The molecular weight excluding hydrogens is 465 g/mol. The molecule has 0 spiro atoms. The van der Waals surface area contributed by atoms with E-state index < -0.39 is 5.41 Å². The van der Waals surface area contributed by atoms with Gasteiger partial charge in [0.05, 0.1) is 19.1 Å². The summed E-state index contributed by atoms with van der Waals surface area (Å²) in [4.78, 5) is 57.2. The first-order valence-corrected chi connectivity index (χ1v) is 12.1. The van der Waals surface area contributed by atoms with Gasteiger partial charge in [0.2, 0.25) is 23.6 Å². The molecule has 9 heteroatoms. The second-order valence-corrected chi connectivity index (χ2v) is 9.72. The normalized spacial score (nSPS) is 22.4. The van der Waals surface area contributed by atoms with E-state index in [4.69, 9.17) is 4.74 Å². The molecule has 1 saturated carbocycles. The fraction of sp³-hybridized carbons (Fsp3) is 0.407. The summed E-state index contributed by atoms with van der Waals surface area (Å²) < 4.78 is 18.7. The summed E-state index contributed by atoms with van der Waals surface area (Å²) in [5, 5.41) is 0. The van der Waals surface area contributed by atoms with E-state index in [9.17, 15) is 23.6 Å². The van der Waals surface area contributed by atoms with Crippen LogP contribution in [0.3, 0.4) is 0 Å². The van der Waals surface area contributed by atoms with Crippen LogP contribution < -0.4 is 4.74 Å². The van der Waals surface area contributed by atoms with Gasteiger partial charge in [-0.15, -0.1) is 0 Å². The van der Waals surface area contributed by atoms with Gasteiger partial charge in [0.1, 0.15) is 11.6 Å². The summed E-state index contributed by atoms with van der Waals surface area (Å²) in [5.41, 5.74) is -0.0313. The van der Waals surface area contributed by atoms with Crippen LogP contribution in [0.4, 0.5) is 4.39 Å². The number of ether oxygens (including phenoxy) is 1. The van der Waals surface area contributed by atoms with Gasteiger partial charge in [-0.1, -0.05) is 24.3 Å². The summed E-state index contributed by atoms with van der Waals surface area (Å²) in [6, 6.07) is 12.9. The number of hydrogen-bond acceptors (Lipinski definition) is 5. The van der Waals surface area contributed by atoms with Gasteiger partial charge in [0, 0.05) is 38.5 Å². The highest BCUT2D eigenvalue weighted by Crippen LogP contribution is 2.44. The molecule has 5 rings (SSSR count). The van der Waals surface area contributed by atoms with Crippen LogP contribution in [-0.4, -0.2) is 71.1 Å². The number of methoxy groups -OCH3 is 1. The maximum Gasteiger partial charge on any atom is 0.242 e. The average Bonchev–Trinajstić information content (AvgIpc) is 3.66. The molecule has 0 bridgehead atoms. The van der Waals surface area contributed by atoms with Crippen molar-refractivity contribution in [1.29, 1.82) is 0 Å². The van der Waals surface area contributed by atoms with E-state index >= 15 is 0 Å². The highest BCUT2D eigenvalue weighted by atomic mass is 19.1. The first-order valence-electron chi connectivity index (χ1n) is 12.1. The first kappa shape index (κ1) is 24.0. The minimum atomic E-state index is -1.30. The second kappa shape index (κ2) is 9.37. The van der Waals surface area contributed by atoms with E-state index in [2.05, 4.69) is 0 Å². The lowest BCUT2D eigenvalue weighted by Crippen LogP contribution is -2.53. The maximum atomic E-state index is 13.6. The SMILES string of the molecule is COc1ccc(C2(CC(=O)N3CCN(Cc4cccc(F)c4)C(=O)C3)CC(=O)N(C3CC3)C2=O)cc1. The largest absolute Gasteiger partial charge is 0.497 e. The minimum absolute atomic E-state index is 0.0755. The second-order valence-electron chi connectivity index (χ2n) is 9.72. The lowest BCUT2D eigenvalue weighted by Gasteiger charge is -2.36. The molecule has 3 aliphatic rings. The van der Waals surface area contributed by atoms with E-state index in [0.29, 0.717) is 30.0 Å². The molecule has 36 heavy (non-hydrogen) atoms. The van der Waals surface area contributed by atoms with Crippen molar-refractivity contribution < 1.29 is 28.3 Å². The van der Waals surface area contributed by atoms with Crippen LogP contribution in [0.25, 0.3) is 0 Å². The number of likely N-dealkylation sites (tertiary alicyclic amines) is 1. The van der Waals surface area contributed by atoms with Gasteiger partial charge in [-0.25, -0.2) is 4.39 Å². The van der Waals surface area contributed by atoms with Gasteiger partial charge in [-0.3, -0.25) is 24.1 Å². The summed E-state index contributed by atoms with van der Waals surface area (Å²) in [6.45, 7) is 0.740. The van der Waals surface area contributed by atoms with Crippen LogP contribution in [0.1, 0.15) is 36.8 Å². The predicted molar refractivity (Wildman–Crippen MR) is 127 cm³/mol. The van der Waals surface area contributed by atoms with Crippen molar-refractivity contribution in [3.05, 3.63) is 65.5 Å². The Hall–Kier alpha value is -3.75. The molecule has 0 aromatic heterocycles. The maximum absolute atomic E-state index is 13.6. The number of hydrogen-bond donors (Lipinski definition) is 0. The Balaban J connectivity index is 1.33. The standard InChI is InChI=1S/C27H28FN3O5/c1-36-22-9-5-19(6-10-22)27(15-24(33)31(26(27)35)21-7-8-21)14-23(32)30-12-11-29(25(34)17-30)16-18-3-2-4-20(28)13-18/h2-6,9-10,13,21H,7-8,11-12,14-17H2,1H3. The van der Waals surface area contributed by atoms with Crippen LogP contribution in [0.5, 0.6) is 5.75 Å². The van der Waals surface area contributed by atoms with Crippen molar-refractivity contribution in [1.82, 2.24) is 14.7 Å². The summed E-state index contributed by atoms with van der Waals surface area (Å²) >= 11 is 0. The quantitative estimate of drug-likeness (QED) is 0.553. The number of piperazine rings is 1. The first-order chi connectivity index (χ1) is 17.3. The van der Waals surface area contributed by atoms with E-state index in [1.165, 1.54) is 21.9 Å². The molecule has 4 amide bonds. The predicted octanol–water partition coefficient (Wildman–Crippen LogP) is 2.25. The van der Waals surface area contributed by atoms with E-state index in [1.807, 2.05) is 0 Å². The zero-order chi connectivity index (χ0) is 25.4. The Kier molecular flexibility index (Phi) is 6.24. The smallest absolute Gasteiger partial charge is 0.242 e. The third kappa shape index (κ3) is 4.45. The molecular formula is C27H28FN3O5. The fourth-order valence-electron chi connectivity index (χ4n) is 5.15. The van der Waals surface area contributed by atoms with E-state index in [1.54, 1.807) is 48.4 Å². The highest BCUT2D eigenvalue weighted by molar-refractivity contribution is 6.11. The van der Waals surface area contributed by atoms with E-state index in [0.717, 1.165) is 12.8 Å². The van der Waals surface area contributed by atoms with Crippen molar-refractivity contribution in [2.75, 3.05) is 26.7 Å². The Morgan fingerprint density at radius 2 is 1.81 bits per heavy atom. The van der Waals surface area contributed by atoms with Gasteiger partial charge >= 0.3 is 0 Å². The number of carbonyl (C=O) groups is 4.